The van der Waals surface area contributed by atoms with Gasteiger partial charge >= 0.3 is 0 Å². The topological polar surface area (TPSA) is 70.4 Å². The molecule has 0 spiro atoms. The van der Waals surface area contributed by atoms with Gasteiger partial charge in [0.1, 0.15) is 5.69 Å². The average molecular weight is 316 g/mol. The molecule has 3 rings (SSSR count). The molecule has 0 aliphatic rings. The van der Waals surface area contributed by atoms with Gasteiger partial charge in [-0.25, -0.2) is 4.98 Å². The van der Waals surface area contributed by atoms with Gasteiger partial charge in [0, 0.05) is 30.2 Å². The highest BCUT2D eigenvalue weighted by atomic mass is 16.4. The Kier molecular flexibility index (Phi) is 5.00. The normalized spacial score (nSPS) is 10.5. The summed E-state index contributed by atoms with van der Waals surface area (Å²) < 4.78 is 0. The van der Waals surface area contributed by atoms with Crippen LogP contribution in [0.2, 0.25) is 0 Å². The molecule has 2 aromatic heterocycles. The number of nitrogens with zero attached hydrogens (tertiary/aromatic N) is 3. The summed E-state index contributed by atoms with van der Waals surface area (Å²) in [4.78, 5) is 8.59. The summed E-state index contributed by atoms with van der Waals surface area (Å²) in [6, 6.07) is 15.4. The van der Waals surface area contributed by atoms with E-state index in [-0.39, 0.29) is 0 Å². The highest BCUT2D eigenvalue weighted by Crippen LogP contribution is 2.20. The van der Waals surface area contributed by atoms with Gasteiger partial charge in [-0.3, -0.25) is 4.98 Å². The second kappa shape index (κ2) is 7.75. The maximum atomic E-state index is 8.52. The maximum absolute atomic E-state index is 8.52. The third kappa shape index (κ3) is 3.87. The zero-order valence-corrected chi connectivity index (χ0v) is 13.0. The molecule has 0 atom stereocenters. The molecule has 5 nitrogen and oxygen atoms in total. The van der Waals surface area contributed by atoms with E-state index in [0.717, 1.165) is 23.1 Å². The molecule has 0 aliphatic carbocycles. The molecule has 2 N–H and O–H groups in total. The number of rotatable bonds is 4. The molecule has 118 valence electrons. The van der Waals surface area contributed by atoms with Crippen molar-refractivity contribution in [1.82, 2.24) is 9.97 Å². The number of hydrogen-bond donors (Lipinski definition) is 2. The van der Waals surface area contributed by atoms with Gasteiger partial charge in [-0.15, -0.1) is 0 Å². The van der Waals surface area contributed by atoms with Crippen LogP contribution in [0.15, 0.2) is 59.9 Å². The van der Waals surface area contributed by atoms with Gasteiger partial charge in [0.25, 0.3) is 0 Å². The van der Waals surface area contributed by atoms with E-state index in [0.29, 0.717) is 17.8 Å². The van der Waals surface area contributed by atoms with Crippen LogP contribution in [-0.4, -0.2) is 27.9 Å². The van der Waals surface area contributed by atoms with E-state index in [4.69, 9.17) is 5.21 Å². The van der Waals surface area contributed by atoms with Crippen LogP contribution < -0.4 is 5.32 Å². The lowest BCUT2D eigenvalue weighted by atomic mass is 10.2. The minimum Gasteiger partial charge on any atom is -0.411 e. The first-order chi connectivity index (χ1) is 11.9. The molecule has 0 saturated carbocycles. The second-order valence-corrected chi connectivity index (χ2v) is 5.05. The first-order valence-electron chi connectivity index (χ1n) is 7.58. The lowest BCUT2D eigenvalue weighted by Crippen LogP contribution is -2.01. The molecular formula is C19H16N4O. The number of para-hydroxylation sites is 1. The van der Waals surface area contributed by atoms with E-state index >= 15 is 0 Å². The first kappa shape index (κ1) is 15.5. The van der Waals surface area contributed by atoms with Crippen LogP contribution in [0.4, 0.5) is 5.69 Å². The number of nitrogens with one attached hydrogen (secondary N) is 1. The number of fused-ring (bicyclic) bond motifs is 1. The van der Waals surface area contributed by atoms with Gasteiger partial charge in [-0.1, -0.05) is 35.3 Å². The lowest BCUT2D eigenvalue weighted by molar-refractivity contribution is 0.321. The van der Waals surface area contributed by atoms with Gasteiger partial charge < -0.3 is 10.5 Å². The predicted molar refractivity (Wildman–Crippen MR) is 95.3 cm³/mol. The molecule has 1 aromatic carbocycles. The van der Waals surface area contributed by atoms with Gasteiger partial charge in [0.15, 0.2) is 0 Å². The summed E-state index contributed by atoms with van der Waals surface area (Å²) in [6.45, 7) is 0.735. The van der Waals surface area contributed by atoms with Gasteiger partial charge in [-0.2, -0.15) is 0 Å². The van der Waals surface area contributed by atoms with Crippen molar-refractivity contribution in [2.24, 2.45) is 5.16 Å². The molecule has 0 unspecified atom stereocenters. The van der Waals surface area contributed by atoms with Crippen molar-refractivity contribution in [3.8, 4) is 11.8 Å². The molecule has 2 heterocycles. The molecule has 0 fully saturated rings. The summed E-state index contributed by atoms with van der Waals surface area (Å²) in [7, 11) is 0. The molecule has 0 saturated heterocycles. The SMILES string of the molecule is O/N=C\c1cccc(C#CCCNc2ccnc3ccccc23)n1. The summed E-state index contributed by atoms with van der Waals surface area (Å²) in [5.74, 6) is 6.10. The molecule has 0 radical (unpaired) electrons. The minimum absolute atomic E-state index is 0.575. The van der Waals surface area contributed by atoms with Crippen molar-refractivity contribution in [2.75, 3.05) is 11.9 Å². The van der Waals surface area contributed by atoms with E-state index in [1.807, 2.05) is 36.4 Å². The van der Waals surface area contributed by atoms with E-state index < -0.39 is 0 Å². The zero-order valence-electron chi connectivity index (χ0n) is 13.0. The molecule has 0 aliphatic heterocycles. The number of benzene rings is 1. The highest BCUT2D eigenvalue weighted by Gasteiger charge is 1.99. The zero-order chi connectivity index (χ0) is 16.6. The molecule has 5 heteroatoms. The summed E-state index contributed by atoms with van der Waals surface area (Å²) >= 11 is 0. The van der Waals surface area contributed by atoms with Gasteiger partial charge in [0.05, 0.1) is 17.4 Å². The fourth-order valence-electron chi connectivity index (χ4n) is 2.31. The third-order valence-electron chi connectivity index (χ3n) is 3.39. The van der Waals surface area contributed by atoms with Crippen LogP contribution in [0.1, 0.15) is 17.8 Å². The Morgan fingerprint density at radius 2 is 2.04 bits per heavy atom. The Labute approximate surface area is 140 Å². The number of hydrogen-bond acceptors (Lipinski definition) is 5. The van der Waals surface area contributed by atoms with Crippen molar-refractivity contribution in [3.63, 3.8) is 0 Å². The fourth-order valence-corrected chi connectivity index (χ4v) is 2.31. The van der Waals surface area contributed by atoms with Crippen LogP contribution >= 0.6 is 0 Å². The van der Waals surface area contributed by atoms with Crippen LogP contribution in [0.3, 0.4) is 0 Å². The Morgan fingerprint density at radius 3 is 2.96 bits per heavy atom. The standard InChI is InChI=1S/C19H16N4O/c24-22-14-16-8-5-7-15(23-16)6-3-4-12-20-19-11-13-21-18-10-2-1-9-17(18)19/h1-2,5,7-11,13-14,24H,4,12H2,(H,20,21)/b22-14-. The average Bonchev–Trinajstić information content (AvgIpc) is 2.62. The minimum atomic E-state index is 0.575. The van der Waals surface area contributed by atoms with Crippen LogP contribution in [0.5, 0.6) is 0 Å². The number of aromatic nitrogens is 2. The van der Waals surface area contributed by atoms with Crippen molar-refractivity contribution in [2.45, 2.75) is 6.42 Å². The number of oxime groups is 1. The molecule has 3 aromatic rings. The van der Waals surface area contributed by atoms with Crippen molar-refractivity contribution < 1.29 is 5.21 Å². The Morgan fingerprint density at radius 1 is 1.12 bits per heavy atom. The number of pyridine rings is 2. The maximum Gasteiger partial charge on any atom is 0.113 e. The van der Waals surface area contributed by atoms with E-state index in [1.54, 1.807) is 12.3 Å². The Hall–Kier alpha value is -3.39. The van der Waals surface area contributed by atoms with Crippen molar-refractivity contribution in [3.05, 3.63) is 66.1 Å². The van der Waals surface area contributed by atoms with Crippen LogP contribution in [0.25, 0.3) is 10.9 Å². The summed E-state index contributed by atoms with van der Waals surface area (Å²) in [5.41, 5.74) is 3.26. The fraction of sp³-hybridized carbons (Fsp3) is 0.105. The second-order valence-electron chi connectivity index (χ2n) is 5.05. The highest BCUT2D eigenvalue weighted by molar-refractivity contribution is 5.90. The summed E-state index contributed by atoms with van der Waals surface area (Å²) in [5, 5.41) is 16.0. The van der Waals surface area contributed by atoms with Crippen LogP contribution in [0, 0.1) is 11.8 Å². The Bertz CT molecular complexity index is 920. The van der Waals surface area contributed by atoms with E-state index in [1.165, 1.54) is 6.21 Å². The lowest BCUT2D eigenvalue weighted by Gasteiger charge is -2.07. The van der Waals surface area contributed by atoms with Gasteiger partial charge in [-0.05, 0) is 30.2 Å². The molecular weight excluding hydrogens is 300 g/mol. The van der Waals surface area contributed by atoms with Crippen molar-refractivity contribution in [1.29, 1.82) is 0 Å². The van der Waals surface area contributed by atoms with Crippen molar-refractivity contribution >= 4 is 22.8 Å². The Balaban J connectivity index is 1.60. The molecule has 0 bridgehead atoms. The van der Waals surface area contributed by atoms with Crippen LogP contribution in [-0.2, 0) is 0 Å². The third-order valence-corrected chi connectivity index (χ3v) is 3.39. The number of anilines is 1. The summed E-state index contributed by atoms with van der Waals surface area (Å²) in [6.07, 6.45) is 3.77. The smallest absolute Gasteiger partial charge is 0.113 e. The molecule has 0 amide bonds. The van der Waals surface area contributed by atoms with E-state index in [2.05, 4.69) is 38.3 Å². The molecule has 24 heavy (non-hydrogen) atoms. The monoisotopic (exact) mass is 316 g/mol. The largest absolute Gasteiger partial charge is 0.411 e. The predicted octanol–water partition coefficient (Wildman–Crippen LogP) is 3.29. The first-order valence-corrected chi connectivity index (χ1v) is 7.58. The van der Waals surface area contributed by atoms with E-state index in [9.17, 15) is 0 Å². The van der Waals surface area contributed by atoms with Gasteiger partial charge in [0.2, 0.25) is 0 Å². The quantitative estimate of drug-likeness (QED) is 0.255.